The molecule has 0 saturated carbocycles. The summed E-state index contributed by atoms with van der Waals surface area (Å²) in [5.41, 5.74) is 0. The summed E-state index contributed by atoms with van der Waals surface area (Å²) in [7, 11) is 0. The van der Waals surface area contributed by atoms with Crippen LogP contribution in [0, 0.1) is 0 Å². The van der Waals surface area contributed by atoms with Crippen molar-refractivity contribution in [2.24, 2.45) is 0 Å². The lowest BCUT2D eigenvalue weighted by Gasteiger charge is -1.81. The van der Waals surface area contributed by atoms with E-state index in [0.29, 0.717) is 18.6 Å². The van der Waals surface area contributed by atoms with E-state index in [-0.39, 0.29) is 0 Å². The molecular formula is C11H15BrO. The van der Waals surface area contributed by atoms with E-state index in [1.165, 1.54) is 0 Å². The van der Waals surface area contributed by atoms with Crippen LogP contribution in [0.5, 0.6) is 0 Å². The van der Waals surface area contributed by atoms with E-state index >= 15 is 0 Å². The first-order chi connectivity index (χ1) is 6.20. The van der Waals surface area contributed by atoms with Crippen LogP contribution in [-0.2, 0) is 4.79 Å². The Morgan fingerprint density at radius 3 is 1.77 bits per heavy atom. The van der Waals surface area contributed by atoms with Crippen molar-refractivity contribution < 1.29 is 4.79 Å². The summed E-state index contributed by atoms with van der Waals surface area (Å²) in [6.45, 7) is 3.76. The van der Waals surface area contributed by atoms with Gasteiger partial charge in [0.25, 0.3) is 0 Å². The molecule has 0 fully saturated rings. The van der Waals surface area contributed by atoms with Gasteiger partial charge in [-0.05, 0) is 12.1 Å². The highest BCUT2D eigenvalue weighted by molar-refractivity contribution is 9.10. The fourth-order valence-electron chi connectivity index (χ4n) is 0.665. The molecule has 0 amide bonds. The molecule has 72 valence electrons. The lowest BCUT2D eigenvalue weighted by Crippen LogP contribution is -1.88. The van der Waals surface area contributed by atoms with Crippen molar-refractivity contribution >= 4 is 21.7 Å². The van der Waals surface area contributed by atoms with E-state index in [0.717, 1.165) is 4.47 Å². The molecule has 0 aliphatic heterocycles. The van der Waals surface area contributed by atoms with Gasteiger partial charge in [-0.15, -0.1) is 0 Å². The fraction of sp³-hybridized carbons (Fsp3) is 0.364. The van der Waals surface area contributed by atoms with Crippen LogP contribution in [-0.4, -0.2) is 5.78 Å². The molecule has 0 radical (unpaired) electrons. The van der Waals surface area contributed by atoms with Gasteiger partial charge in [0.2, 0.25) is 0 Å². The minimum atomic E-state index is 0.343. The van der Waals surface area contributed by atoms with Crippen LogP contribution in [0.25, 0.3) is 0 Å². The number of hydrogen-bond donors (Lipinski definition) is 0. The van der Waals surface area contributed by atoms with Gasteiger partial charge in [0.1, 0.15) is 5.78 Å². The lowest BCUT2D eigenvalue weighted by molar-refractivity contribution is -0.118. The average molecular weight is 243 g/mol. The number of halogens is 1. The lowest BCUT2D eigenvalue weighted by atomic mass is 10.3. The molecule has 13 heavy (non-hydrogen) atoms. The number of Topliss-reactive ketones (excluding diaryl/α,β-unsaturated/α-hetero) is 1. The summed E-state index contributed by atoms with van der Waals surface area (Å²) >= 11 is 3.31. The normalized spacial score (nSPS) is 8.54. The third kappa shape index (κ3) is 7.72. The van der Waals surface area contributed by atoms with Gasteiger partial charge in [0.05, 0.1) is 0 Å². The molecule has 0 saturated heterocycles. The molecule has 0 bridgehead atoms. The highest BCUT2D eigenvalue weighted by atomic mass is 79.9. The average Bonchev–Trinajstić information content (AvgIpc) is 2.19. The van der Waals surface area contributed by atoms with Gasteiger partial charge in [-0.2, -0.15) is 0 Å². The third-order valence-corrected chi connectivity index (χ3v) is 2.05. The Labute approximate surface area is 88.3 Å². The first-order valence-electron chi connectivity index (χ1n) is 4.43. The van der Waals surface area contributed by atoms with E-state index < -0.39 is 0 Å². The van der Waals surface area contributed by atoms with E-state index in [9.17, 15) is 4.79 Å². The van der Waals surface area contributed by atoms with Crippen molar-refractivity contribution in [1.29, 1.82) is 0 Å². The number of rotatable bonds is 2. The van der Waals surface area contributed by atoms with Crippen molar-refractivity contribution in [1.82, 2.24) is 0 Å². The summed E-state index contributed by atoms with van der Waals surface area (Å²) in [6, 6.07) is 9.97. The second-order valence-electron chi connectivity index (χ2n) is 2.54. The van der Waals surface area contributed by atoms with Gasteiger partial charge in [0, 0.05) is 17.3 Å². The summed E-state index contributed by atoms with van der Waals surface area (Å²) < 4.78 is 1.13. The first-order valence-corrected chi connectivity index (χ1v) is 5.22. The highest BCUT2D eigenvalue weighted by Crippen LogP contribution is 2.05. The van der Waals surface area contributed by atoms with Gasteiger partial charge in [0.15, 0.2) is 0 Å². The molecular weight excluding hydrogens is 228 g/mol. The summed E-state index contributed by atoms with van der Waals surface area (Å²) in [5, 5.41) is 0. The number of benzene rings is 1. The number of hydrogen-bond acceptors (Lipinski definition) is 1. The molecule has 0 aromatic heterocycles. The van der Waals surface area contributed by atoms with Crippen molar-refractivity contribution in [2.45, 2.75) is 26.7 Å². The minimum Gasteiger partial charge on any atom is -0.300 e. The van der Waals surface area contributed by atoms with Crippen LogP contribution in [0.1, 0.15) is 26.7 Å². The summed E-state index contributed by atoms with van der Waals surface area (Å²) in [5.74, 6) is 0.343. The Kier molecular flexibility index (Phi) is 7.60. The van der Waals surface area contributed by atoms with Crippen LogP contribution in [0.15, 0.2) is 34.8 Å². The molecule has 1 aromatic carbocycles. The Hall–Kier alpha value is -0.630. The quantitative estimate of drug-likeness (QED) is 0.771. The third-order valence-electron chi connectivity index (χ3n) is 1.52. The van der Waals surface area contributed by atoms with E-state index in [1.54, 1.807) is 0 Å². The summed E-state index contributed by atoms with van der Waals surface area (Å²) in [6.07, 6.45) is 1.38. The fourth-order valence-corrected chi connectivity index (χ4v) is 0.970. The zero-order valence-electron chi connectivity index (χ0n) is 8.09. The van der Waals surface area contributed by atoms with Gasteiger partial charge in [-0.1, -0.05) is 48.0 Å². The molecule has 0 aliphatic rings. The molecule has 1 nitrogen and oxygen atoms in total. The molecule has 1 rings (SSSR count). The Morgan fingerprint density at radius 2 is 1.62 bits per heavy atom. The van der Waals surface area contributed by atoms with E-state index in [2.05, 4.69) is 15.9 Å². The molecule has 0 N–H and O–H groups in total. The molecule has 0 unspecified atom stereocenters. The van der Waals surface area contributed by atoms with Crippen LogP contribution < -0.4 is 0 Å². The van der Waals surface area contributed by atoms with E-state index in [1.807, 2.05) is 44.2 Å². The molecule has 0 aliphatic carbocycles. The van der Waals surface area contributed by atoms with Crippen molar-refractivity contribution in [3.63, 3.8) is 0 Å². The monoisotopic (exact) mass is 242 g/mol. The molecule has 0 heterocycles. The highest BCUT2D eigenvalue weighted by Gasteiger charge is 1.86. The smallest absolute Gasteiger partial charge is 0.132 e. The van der Waals surface area contributed by atoms with E-state index in [4.69, 9.17) is 0 Å². The standard InChI is InChI=1S/C6H5Br.C5H10O/c7-6-4-2-1-3-5-6;1-3-5(6)4-2/h1-5H;3-4H2,1-2H3. The van der Waals surface area contributed by atoms with Crippen molar-refractivity contribution in [3.8, 4) is 0 Å². The largest absolute Gasteiger partial charge is 0.300 e. The Balaban J connectivity index is 0.000000226. The second-order valence-corrected chi connectivity index (χ2v) is 3.46. The van der Waals surface area contributed by atoms with Crippen LogP contribution in [0.3, 0.4) is 0 Å². The molecule has 1 aromatic rings. The van der Waals surface area contributed by atoms with Crippen molar-refractivity contribution in [3.05, 3.63) is 34.8 Å². The maximum Gasteiger partial charge on any atom is 0.132 e. The van der Waals surface area contributed by atoms with Gasteiger partial charge >= 0.3 is 0 Å². The Bertz CT molecular complexity index is 225. The first kappa shape index (κ1) is 12.4. The zero-order valence-corrected chi connectivity index (χ0v) is 9.67. The topological polar surface area (TPSA) is 17.1 Å². The van der Waals surface area contributed by atoms with Gasteiger partial charge in [-0.25, -0.2) is 0 Å². The van der Waals surface area contributed by atoms with Gasteiger partial charge in [-0.3, -0.25) is 4.79 Å². The van der Waals surface area contributed by atoms with Crippen molar-refractivity contribution in [2.75, 3.05) is 0 Å². The maximum absolute atomic E-state index is 10.2. The minimum absolute atomic E-state index is 0.343. The predicted octanol–water partition coefficient (Wildman–Crippen LogP) is 3.82. The van der Waals surface area contributed by atoms with Crippen LogP contribution in [0.4, 0.5) is 0 Å². The SMILES string of the molecule is Brc1ccccc1.CCC(=O)CC. The summed E-state index contributed by atoms with van der Waals surface area (Å²) in [4.78, 5) is 10.2. The molecule has 2 heteroatoms. The molecule has 0 atom stereocenters. The molecule has 0 spiro atoms. The predicted molar refractivity (Wildman–Crippen MR) is 59.7 cm³/mol. The number of ketones is 1. The second kappa shape index (κ2) is 7.99. The van der Waals surface area contributed by atoms with Crippen LogP contribution >= 0.6 is 15.9 Å². The van der Waals surface area contributed by atoms with Crippen LogP contribution in [0.2, 0.25) is 0 Å². The number of carbonyl (C=O) groups is 1. The maximum atomic E-state index is 10.2. The van der Waals surface area contributed by atoms with Gasteiger partial charge < -0.3 is 0 Å². The Morgan fingerprint density at radius 1 is 1.15 bits per heavy atom. The number of carbonyl (C=O) groups excluding carboxylic acids is 1. The zero-order chi connectivity index (χ0) is 10.1.